The summed E-state index contributed by atoms with van der Waals surface area (Å²) in [6.45, 7) is 6.35. The van der Waals surface area contributed by atoms with Crippen LogP contribution in [0.1, 0.15) is 58.4 Å². The van der Waals surface area contributed by atoms with E-state index < -0.39 is 6.17 Å². The van der Waals surface area contributed by atoms with Crippen molar-refractivity contribution in [3.05, 3.63) is 66.5 Å². The van der Waals surface area contributed by atoms with Crippen molar-refractivity contribution in [1.82, 2.24) is 9.97 Å². The van der Waals surface area contributed by atoms with Gasteiger partial charge >= 0.3 is 0 Å². The molecule has 0 amide bonds. The van der Waals surface area contributed by atoms with Gasteiger partial charge in [0.2, 0.25) is 0 Å². The minimum absolute atomic E-state index is 0.0901. The highest BCUT2D eigenvalue weighted by atomic mass is 19.1. The molecule has 3 rings (SSSR count). The summed E-state index contributed by atoms with van der Waals surface area (Å²) >= 11 is 0. The van der Waals surface area contributed by atoms with E-state index in [-0.39, 0.29) is 6.61 Å². The van der Waals surface area contributed by atoms with Gasteiger partial charge in [0.05, 0.1) is 0 Å². The van der Waals surface area contributed by atoms with Crippen LogP contribution in [0.5, 0.6) is 5.75 Å². The zero-order valence-electron chi connectivity index (χ0n) is 19.6. The number of alkyl halides is 1. The van der Waals surface area contributed by atoms with Gasteiger partial charge in [0.1, 0.15) is 18.5 Å². The standard InChI is InChI=1S/C28H35FN2O/c1-4-5-6-7-8-22-9-11-24(12-10-22)28-30-18-25(19-31-28)23-13-15-27(16-14-23)32-20-26(29)17-21(2)3/h9-16,18-19,21,26H,4-8,17,20H2,1-3H3. The zero-order valence-corrected chi connectivity index (χ0v) is 19.6. The van der Waals surface area contributed by atoms with Crippen LogP contribution in [0.25, 0.3) is 22.5 Å². The lowest BCUT2D eigenvalue weighted by molar-refractivity contribution is 0.174. The van der Waals surface area contributed by atoms with Crippen molar-refractivity contribution in [1.29, 1.82) is 0 Å². The number of benzene rings is 2. The van der Waals surface area contributed by atoms with Gasteiger partial charge in [-0.15, -0.1) is 0 Å². The molecule has 1 unspecified atom stereocenters. The SMILES string of the molecule is CCCCCCc1ccc(-c2ncc(-c3ccc(OCC(F)CC(C)C)cc3)cn2)cc1. The first-order chi connectivity index (χ1) is 15.5. The molecule has 0 saturated heterocycles. The molecule has 0 aliphatic carbocycles. The summed E-state index contributed by atoms with van der Waals surface area (Å²) in [6.07, 6.45) is 9.51. The number of hydrogen-bond donors (Lipinski definition) is 0. The molecule has 0 spiro atoms. The van der Waals surface area contributed by atoms with Crippen molar-refractivity contribution >= 4 is 0 Å². The van der Waals surface area contributed by atoms with E-state index in [4.69, 9.17) is 4.74 Å². The number of unbranched alkanes of at least 4 members (excludes halogenated alkanes) is 3. The monoisotopic (exact) mass is 434 g/mol. The number of rotatable bonds is 12. The van der Waals surface area contributed by atoms with E-state index in [0.717, 1.165) is 28.9 Å². The minimum atomic E-state index is -0.939. The zero-order chi connectivity index (χ0) is 22.8. The summed E-state index contributed by atoms with van der Waals surface area (Å²) in [5, 5.41) is 0. The second-order valence-electron chi connectivity index (χ2n) is 8.87. The highest BCUT2D eigenvalue weighted by Gasteiger charge is 2.10. The molecule has 0 aliphatic rings. The van der Waals surface area contributed by atoms with Gasteiger partial charge in [-0.3, -0.25) is 0 Å². The first kappa shape index (κ1) is 23.9. The summed E-state index contributed by atoms with van der Waals surface area (Å²) in [6, 6.07) is 16.2. The summed E-state index contributed by atoms with van der Waals surface area (Å²) in [5.74, 6) is 1.73. The van der Waals surface area contributed by atoms with Gasteiger partial charge in [-0.2, -0.15) is 0 Å². The molecule has 170 valence electrons. The summed E-state index contributed by atoms with van der Waals surface area (Å²) in [7, 11) is 0. The van der Waals surface area contributed by atoms with Crippen molar-refractivity contribution in [3.8, 4) is 28.3 Å². The number of aromatic nitrogens is 2. The molecule has 32 heavy (non-hydrogen) atoms. The maximum Gasteiger partial charge on any atom is 0.159 e. The number of hydrogen-bond acceptors (Lipinski definition) is 3. The Kier molecular flexibility index (Phi) is 9.21. The van der Waals surface area contributed by atoms with Crippen LogP contribution >= 0.6 is 0 Å². The molecule has 0 radical (unpaired) electrons. The van der Waals surface area contributed by atoms with Crippen LogP contribution in [0.3, 0.4) is 0 Å². The molecule has 3 nitrogen and oxygen atoms in total. The third kappa shape index (κ3) is 7.44. The average Bonchev–Trinajstić information content (AvgIpc) is 2.81. The van der Waals surface area contributed by atoms with Crippen molar-refractivity contribution in [2.24, 2.45) is 5.92 Å². The second-order valence-corrected chi connectivity index (χ2v) is 8.87. The van der Waals surface area contributed by atoms with Crippen LogP contribution in [0.4, 0.5) is 4.39 Å². The molecule has 0 aliphatic heterocycles. The normalized spacial score (nSPS) is 12.2. The molecular formula is C28H35FN2O. The predicted molar refractivity (Wildman–Crippen MR) is 131 cm³/mol. The largest absolute Gasteiger partial charge is 0.491 e. The van der Waals surface area contributed by atoms with E-state index in [1.807, 2.05) is 50.5 Å². The summed E-state index contributed by atoms with van der Waals surface area (Å²) < 4.78 is 19.4. The fourth-order valence-corrected chi connectivity index (χ4v) is 3.71. The molecule has 1 aromatic heterocycles. The fourth-order valence-electron chi connectivity index (χ4n) is 3.71. The van der Waals surface area contributed by atoms with Crippen molar-refractivity contribution in [2.45, 2.75) is 65.5 Å². The molecule has 0 saturated carbocycles. The van der Waals surface area contributed by atoms with E-state index in [1.54, 1.807) is 0 Å². The third-order valence-corrected chi connectivity index (χ3v) is 5.53. The molecule has 0 N–H and O–H groups in total. The number of ether oxygens (including phenoxy) is 1. The van der Waals surface area contributed by atoms with E-state index >= 15 is 0 Å². The predicted octanol–water partition coefficient (Wildman–Crippen LogP) is 7.70. The Balaban J connectivity index is 1.56. The van der Waals surface area contributed by atoms with Crippen LogP contribution in [0, 0.1) is 5.92 Å². The van der Waals surface area contributed by atoms with Gasteiger partial charge < -0.3 is 4.74 Å². The summed E-state index contributed by atoms with van der Waals surface area (Å²) in [4.78, 5) is 9.12. The summed E-state index contributed by atoms with van der Waals surface area (Å²) in [5.41, 5.74) is 4.34. The Morgan fingerprint density at radius 2 is 1.47 bits per heavy atom. The van der Waals surface area contributed by atoms with Crippen LogP contribution in [0.2, 0.25) is 0 Å². The number of aryl methyl sites for hydroxylation is 1. The minimum Gasteiger partial charge on any atom is -0.491 e. The quantitative estimate of drug-likeness (QED) is 0.274. The highest BCUT2D eigenvalue weighted by molar-refractivity contribution is 5.64. The third-order valence-electron chi connectivity index (χ3n) is 5.53. The Labute approximate surface area is 192 Å². The molecule has 1 heterocycles. The molecule has 2 aromatic carbocycles. The molecule has 3 aromatic rings. The average molecular weight is 435 g/mol. The first-order valence-corrected chi connectivity index (χ1v) is 11.8. The lowest BCUT2D eigenvalue weighted by atomic mass is 10.0. The van der Waals surface area contributed by atoms with Crippen LogP contribution in [0.15, 0.2) is 60.9 Å². The Morgan fingerprint density at radius 1 is 0.812 bits per heavy atom. The Morgan fingerprint density at radius 3 is 2.09 bits per heavy atom. The second kappa shape index (κ2) is 12.3. The maximum absolute atomic E-state index is 13.8. The van der Waals surface area contributed by atoms with Gasteiger partial charge in [-0.05, 0) is 48.4 Å². The maximum atomic E-state index is 13.8. The lowest BCUT2D eigenvalue weighted by Gasteiger charge is -2.12. The van der Waals surface area contributed by atoms with Crippen molar-refractivity contribution < 1.29 is 9.13 Å². The van der Waals surface area contributed by atoms with E-state index in [9.17, 15) is 4.39 Å². The van der Waals surface area contributed by atoms with Gasteiger partial charge in [0.15, 0.2) is 5.82 Å². The molecule has 4 heteroatoms. The Bertz CT molecular complexity index is 921. The van der Waals surface area contributed by atoms with E-state index in [0.29, 0.717) is 18.1 Å². The van der Waals surface area contributed by atoms with Crippen LogP contribution in [-0.2, 0) is 6.42 Å². The number of halogens is 1. The molecule has 0 fully saturated rings. The van der Waals surface area contributed by atoms with Gasteiger partial charge in [0, 0.05) is 23.5 Å². The lowest BCUT2D eigenvalue weighted by Crippen LogP contribution is -2.15. The van der Waals surface area contributed by atoms with Gasteiger partial charge in [-0.25, -0.2) is 14.4 Å². The molecular weight excluding hydrogens is 399 g/mol. The topological polar surface area (TPSA) is 35.0 Å². The smallest absolute Gasteiger partial charge is 0.159 e. The van der Waals surface area contributed by atoms with E-state index in [1.165, 1.54) is 31.2 Å². The molecule has 1 atom stereocenters. The Hall–Kier alpha value is -2.75. The van der Waals surface area contributed by atoms with E-state index in [2.05, 4.69) is 41.2 Å². The highest BCUT2D eigenvalue weighted by Crippen LogP contribution is 2.24. The molecule has 0 bridgehead atoms. The van der Waals surface area contributed by atoms with Gasteiger partial charge in [-0.1, -0.05) is 76.4 Å². The van der Waals surface area contributed by atoms with Crippen LogP contribution in [-0.4, -0.2) is 22.7 Å². The van der Waals surface area contributed by atoms with Crippen LogP contribution < -0.4 is 4.74 Å². The first-order valence-electron chi connectivity index (χ1n) is 11.8. The number of nitrogens with zero attached hydrogens (tertiary/aromatic N) is 2. The van der Waals surface area contributed by atoms with Crippen molar-refractivity contribution in [3.63, 3.8) is 0 Å². The van der Waals surface area contributed by atoms with Crippen molar-refractivity contribution in [2.75, 3.05) is 6.61 Å². The van der Waals surface area contributed by atoms with Gasteiger partial charge in [0.25, 0.3) is 0 Å². The fraction of sp³-hybridized carbons (Fsp3) is 0.429.